The summed E-state index contributed by atoms with van der Waals surface area (Å²) in [6, 6.07) is 3.75. The van der Waals surface area contributed by atoms with Gasteiger partial charge in [0.05, 0.1) is 10.9 Å². The van der Waals surface area contributed by atoms with Gasteiger partial charge in [-0.2, -0.15) is 0 Å². The lowest BCUT2D eigenvalue weighted by molar-refractivity contribution is 0.0774. The molecule has 0 radical (unpaired) electrons. The summed E-state index contributed by atoms with van der Waals surface area (Å²) in [7, 11) is 1.74. The molecule has 0 atom stereocenters. The highest BCUT2D eigenvalue weighted by Gasteiger charge is 2.28. The van der Waals surface area contributed by atoms with Gasteiger partial charge in [0, 0.05) is 17.8 Å². The number of thiophene rings is 1. The van der Waals surface area contributed by atoms with E-state index in [0.717, 1.165) is 27.9 Å². The average molecular weight is 297 g/mol. The lowest BCUT2D eigenvalue weighted by Crippen LogP contribution is -2.26. The molecular weight excluding hydrogens is 284 g/mol. The molecule has 7 heteroatoms. The van der Waals surface area contributed by atoms with Gasteiger partial charge in [0.25, 0.3) is 5.91 Å². The molecule has 100 valence electrons. The summed E-state index contributed by atoms with van der Waals surface area (Å²) in [4.78, 5) is 19.1. The minimum Gasteiger partial charge on any atom is -0.334 e. The fourth-order valence-corrected chi connectivity index (χ4v) is 2.96. The fourth-order valence-electron chi connectivity index (χ4n) is 1.82. The summed E-state index contributed by atoms with van der Waals surface area (Å²) in [5.74, 6) is 1.37. The Morgan fingerprint density at radius 3 is 3.00 bits per heavy atom. The van der Waals surface area contributed by atoms with Crippen LogP contribution in [0.25, 0.3) is 0 Å². The lowest BCUT2D eigenvalue weighted by Gasteiger charge is -2.13. The smallest absolute Gasteiger partial charge is 0.293 e. The van der Waals surface area contributed by atoms with Gasteiger partial charge >= 0.3 is 0 Å². The number of H-pyrrole nitrogens is 1. The molecule has 1 amide bonds. The summed E-state index contributed by atoms with van der Waals surface area (Å²) >= 11 is 7.34. The van der Waals surface area contributed by atoms with Crippen molar-refractivity contribution in [2.24, 2.45) is 0 Å². The molecule has 2 aromatic heterocycles. The minimum absolute atomic E-state index is 0.173. The van der Waals surface area contributed by atoms with Gasteiger partial charge in [0.1, 0.15) is 5.82 Å². The molecule has 1 N–H and O–H groups in total. The number of halogens is 1. The molecule has 0 spiro atoms. The predicted octanol–water partition coefficient (Wildman–Crippen LogP) is 2.67. The van der Waals surface area contributed by atoms with E-state index in [4.69, 9.17) is 11.6 Å². The van der Waals surface area contributed by atoms with Gasteiger partial charge in [0.2, 0.25) is 5.82 Å². The second-order valence-corrected chi connectivity index (χ2v) is 6.49. The van der Waals surface area contributed by atoms with Crippen molar-refractivity contribution in [3.63, 3.8) is 0 Å². The Morgan fingerprint density at radius 1 is 1.58 bits per heavy atom. The van der Waals surface area contributed by atoms with Crippen molar-refractivity contribution in [1.29, 1.82) is 0 Å². The average Bonchev–Trinajstić information content (AvgIpc) is 2.98. The quantitative estimate of drug-likeness (QED) is 0.943. The second kappa shape index (κ2) is 4.94. The van der Waals surface area contributed by atoms with Crippen LogP contribution in [0.15, 0.2) is 12.1 Å². The Bertz CT molecular complexity index is 604. The minimum atomic E-state index is -0.173. The summed E-state index contributed by atoms with van der Waals surface area (Å²) in [6.07, 6.45) is 2.26. The number of nitrogens with zero attached hydrogens (tertiary/aromatic N) is 3. The standard InChI is InChI=1S/C12H13ClN4OS/c1-17(6-8-4-5-9(13)19-8)12(18)11-14-10(15-16-11)7-2-3-7/h4-5,7H,2-3,6H2,1H3,(H,14,15,16). The number of hydrogen-bond donors (Lipinski definition) is 1. The molecule has 2 heterocycles. The highest BCUT2D eigenvalue weighted by Crippen LogP contribution is 2.37. The second-order valence-electron chi connectivity index (χ2n) is 4.69. The zero-order valence-electron chi connectivity index (χ0n) is 10.4. The maximum Gasteiger partial charge on any atom is 0.293 e. The number of carbonyl (C=O) groups excluding carboxylic acids is 1. The molecule has 0 aliphatic heterocycles. The first-order valence-electron chi connectivity index (χ1n) is 6.05. The Labute approximate surface area is 119 Å². The Hall–Kier alpha value is -1.40. The van der Waals surface area contributed by atoms with E-state index in [1.165, 1.54) is 11.3 Å². The molecule has 0 unspecified atom stereocenters. The van der Waals surface area contributed by atoms with Crippen LogP contribution in [0.5, 0.6) is 0 Å². The van der Waals surface area contributed by atoms with E-state index in [1.807, 2.05) is 12.1 Å². The van der Waals surface area contributed by atoms with Crippen LogP contribution in [0.2, 0.25) is 4.34 Å². The normalized spacial score (nSPS) is 14.6. The molecule has 1 aliphatic carbocycles. The molecule has 1 aliphatic rings. The molecule has 0 aromatic carbocycles. The molecule has 5 nitrogen and oxygen atoms in total. The largest absolute Gasteiger partial charge is 0.334 e. The van der Waals surface area contributed by atoms with Crippen LogP contribution in [0, 0.1) is 0 Å². The molecule has 19 heavy (non-hydrogen) atoms. The van der Waals surface area contributed by atoms with Gasteiger partial charge in [-0.25, -0.2) is 4.98 Å². The van der Waals surface area contributed by atoms with Gasteiger partial charge in [0.15, 0.2) is 0 Å². The number of aromatic amines is 1. The van der Waals surface area contributed by atoms with Crippen LogP contribution in [-0.2, 0) is 6.54 Å². The van der Waals surface area contributed by atoms with E-state index in [2.05, 4.69) is 15.2 Å². The monoisotopic (exact) mass is 296 g/mol. The maximum absolute atomic E-state index is 12.2. The number of aromatic nitrogens is 3. The number of rotatable bonds is 4. The topological polar surface area (TPSA) is 61.9 Å². The van der Waals surface area contributed by atoms with Gasteiger partial charge in [-0.05, 0) is 25.0 Å². The van der Waals surface area contributed by atoms with E-state index in [9.17, 15) is 4.79 Å². The third kappa shape index (κ3) is 2.79. The van der Waals surface area contributed by atoms with Crippen molar-refractivity contribution in [3.8, 4) is 0 Å². The number of carbonyl (C=O) groups is 1. The van der Waals surface area contributed by atoms with Gasteiger partial charge in [-0.1, -0.05) is 11.6 Å². The molecule has 1 fully saturated rings. The molecule has 0 bridgehead atoms. The Balaban J connectivity index is 1.67. The third-order valence-corrected chi connectivity index (χ3v) is 4.24. The maximum atomic E-state index is 12.2. The van der Waals surface area contributed by atoms with Gasteiger partial charge in [-0.15, -0.1) is 16.4 Å². The van der Waals surface area contributed by atoms with Crippen LogP contribution >= 0.6 is 22.9 Å². The Kier molecular flexibility index (Phi) is 3.28. The van der Waals surface area contributed by atoms with Crippen LogP contribution in [0.3, 0.4) is 0 Å². The van der Waals surface area contributed by atoms with E-state index < -0.39 is 0 Å². The fraction of sp³-hybridized carbons (Fsp3) is 0.417. The molecule has 2 aromatic rings. The van der Waals surface area contributed by atoms with Crippen LogP contribution < -0.4 is 0 Å². The van der Waals surface area contributed by atoms with Crippen molar-refractivity contribution >= 4 is 28.8 Å². The highest BCUT2D eigenvalue weighted by molar-refractivity contribution is 7.16. The van der Waals surface area contributed by atoms with E-state index in [1.54, 1.807) is 11.9 Å². The first-order valence-corrected chi connectivity index (χ1v) is 7.25. The summed E-state index contributed by atoms with van der Waals surface area (Å²) in [5.41, 5.74) is 0. The first kappa shape index (κ1) is 12.6. The van der Waals surface area contributed by atoms with E-state index in [-0.39, 0.29) is 11.7 Å². The van der Waals surface area contributed by atoms with Crippen molar-refractivity contribution in [1.82, 2.24) is 20.1 Å². The summed E-state index contributed by atoms with van der Waals surface area (Å²) < 4.78 is 0.727. The van der Waals surface area contributed by atoms with Crippen molar-refractivity contribution in [2.75, 3.05) is 7.05 Å². The summed E-state index contributed by atoms with van der Waals surface area (Å²) in [6.45, 7) is 0.517. The van der Waals surface area contributed by atoms with E-state index >= 15 is 0 Å². The van der Waals surface area contributed by atoms with Crippen LogP contribution in [-0.4, -0.2) is 33.0 Å². The lowest BCUT2D eigenvalue weighted by atomic mass is 10.4. The number of amides is 1. The molecular formula is C12H13ClN4OS. The van der Waals surface area contributed by atoms with Crippen molar-refractivity contribution < 1.29 is 4.79 Å². The summed E-state index contributed by atoms with van der Waals surface area (Å²) in [5, 5.41) is 6.84. The third-order valence-electron chi connectivity index (χ3n) is 3.03. The predicted molar refractivity (Wildman–Crippen MR) is 73.5 cm³/mol. The zero-order chi connectivity index (χ0) is 13.4. The van der Waals surface area contributed by atoms with Gasteiger partial charge < -0.3 is 4.90 Å². The van der Waals surface area contributed by atoms with Crippen molar-refractivity contribution in [2.45, 2.75) is 25.3 Å². The zero-order valence-corrected chi connectivity index (χ0v) is 12.0. The van der Waals surface area contributed by atoms with E-state index in [0.29, 0.717) is 12.5 Å². The SMILES string of the molecule is CN(Cc1ccc(Cl)s1)C(=O)c1n[nH]c(C2CC2)n1. The van der Waals surface area contributed by atoms with Crippen molar-refractivity contribution in [3.05, 3.63) is 33.0 Å². The van der Waals surface area contributed by atoms with Crippen LogP contribution in [0.4, 0.5) is 0 Å². The number of nitrogens with one attached hydrogen (secondary N) is 1. The van der Waals surface area contributed by atoms with Crippen LogP contribution in [0.1, 0.15) is 40.1 Å². The first-order chi connectivity index (χ1) is 9.13. The van der Waals surface area contributed by atoms with Gasteiger partial charge in [-0.3, -0.25) is 9.89 Å². The Morgan fingerprint density at radius 2 is 2.37 bits per heavy atom. The molecule has 1 saturated carbocycles. The molecule has 3 rings (SSSR count). The molecule has 0 saturated heterocycles. The number of hydrogen-bond acceptors (Lipinski definition) is 4. The highest BCUT2D eigenvalue weighted by atomic mass is 35.5.